The van der Waals surface area contributed by atoms with Gasteiger partial charge >= 0.3 is 0 Å². The fourth-order valence-corrected chi connectivity index (χ4v) is 2.62. The third kappa shape index (κ3) is 2.73. The maximum Gasteiger partial charge on any atom is 0.131 e. The summed E-state index contributed by atoms with van der Waals surface area (Å²) in [4.78, 5) is 0. The van der Waals surface area contributed by atoms with Crippen LogP contribution in [0.2, 0.25) is 10.0 Å². The highest BCUT2D eigenvalue weighted by Crippen LogP contribution is 2.35. The van der Waals surface area contributed by atoms with Crippen LogP contribution in [0.25, 0.3) is 0 Å². The smallest absolute Gasteiger partial charge is 0.131 e. The van der Waals surface area contributed by atoms with Gasteiger partial charge in [-0.15, -0.1) is 0 Å². The van der Waals surface area contributed by atoms with E-state index in [0.29, 0.717) is 15.6 Å². The van der Waals surface area contributed by atoms with Gasteiger partial charge in [-0.25, -0.2) is 8.78 Å². The molecule has 0 saturated heterocycles. The Labute approximate surface area is 120 Å². The molecule has 0 radical (unpaired) electrons. The van der Waals surface area contributed by atoms with Crippen LogP contribution in [-0.2, 0) is 0 Å². The van der Waals surface area contributed by atoms with Crippen molar-refractivity contribution in [1.29, 1.82) is 0 Å². The first-order chi connectivity index (χ1) is 9.06. The second-order valence-electron chi connectivity index (χ2n) is 3.99. The van der Waals surface area contributed by atoms with E-state index in [1.165, 1.54) is 18.2 Å². The number of rotatable bonds is 3. The molecule has 0 saturated carbocycles. The summed E-state index contributed by atoms with van der Waals surface area (Å²) < 4.78 is 27.7. The number of nitrogens with one attached hydrogen (secondary N) is 1. The summed E-state index contributed by atoms with van der Waals surface area (Å²) in [5.41, 5.74) is 0.359. The lowest BCUT2D eigenvalue weighted by Gasteiger charge is -2.21. The SMILES string of the molecule is CNC(c1c(F)cccc1F)c1c(Cl)cccc1Cl. The average molecular weight is 302 g/mol. The Bertz CT molecular complexity index is 510. The van der Waals surface area contributed by atoms with Crippen molar-refractivity contribution in [2.45, 2.75) is 6.04 Å². The van der Waals surface area contributed by atoms with E-state index in [0.717, 1.165) is 0 Å². The van der Waals surface area contributed by atoms with Crippen molar-refractivity contribution in [1.82, 2.24) is 5.32 Å². The molecular formula is C14H11Cl2F2N. The molecule has 0 aliphatic carbocycles. The van der Waals surface area contributed by atoms with Crippen molar-refractivity contribution < 1.29 is 8.78 Å². The van der Waals surface area contributed by atoms with E-state index in [4.69, 9.17) is 23.2 Å². The van der Waals surface area contributed by atoms with E-state index in [1.807, 2.05) is 0 Å². The van der Waals surface area contributed by atoms with Gasteiger partial charge < -0.3 is 5.32 Å². The highest BCUT2D eigenvalue weighted by molar-refractivity contribution is 6.36. The fraction of sp³-hybridized carbons (Fsp3) is 0.143. The van der Waals surface area contributed by atoms with E-state index >= 15 is 0 Å². The molecule has 19 heavy (non-hydrogen) atoms. The standard InChI is InChI=1S/C14H11Cl2F2N/c1-19-14(12-8(15)4-2-5-9(12)16)13-10(17)6-3-7-11(13)18/h2-7,14,19H,1H3. The number of benzene rings is 2. The molecule has 2 aromatic carbocycles. The van der Waals surface area contributed by atoms with Crippen molar-refractivity contribution in [2.24, 2.45) is 0 Å². The van der Waals surface area contributed by atoms with Crippen molar-refractivity contribution in [2.75, 3.05) is 7.05 Å². The second-order valence-corrected chi connectivity index (χ2v) is 4.81. The van der Waals surface area contributed by atoms with Crippen LogP contribution in [0.3, 0.4) is 0 Å². The van der Waals surface area contributed by atoms with Crippen LogP contribution in [0.5, 0.6) is 0 Å². The number of hydrogen-bond acceptors (Lipinski definition) is 1. The summed E-state index contributed by atoms with van der Waals surface area (Å²) >= 11 is 12.2. The zero-order chi connectivity index (χ0) is 14.0. The lowest BCUT2D eigenvalue weighted by molar-refractivity contribution is 0.522. The summed E-state index contributed by atoms with van der Waals surface area (Å²) in [5.74, 6) is -1.29. The third-order valence-electron chi connectivity index (χ3n) is 2.87. The van der Waals surface area contributed by atoms with Crippen LogP contribution in [0.4, 0.5) is 8.78 Å². The topological polar surface area (TPSA) is 12.0 Å². The first-order valence-corrected chi connectivity index (χ1v) is 6.37. The largest absolute Gasteiger partial charge is 0.309 e. The van der Waals surface area contributed by atoms with Crippen LogP contribution in [0.1, 0.15) is 17.2 Å². The Kier molecular flexibility index (Phi) is 4.40. The van der Waals surface area contributed by atoms with Gasteiger partial charge in [-0.2, -0.15) is 0 Å². The molecule has 1 atom stereocenters. The van der Waals surface area contributed by atoms with Crippen LogP contribution >= 0.6 is 23.2 Å². The van der Waals surface area contributed by atoms with Gasteiger partial charge in [-0.1, -0.05) is 35.3 Å². The molecule has 2 aromatic rings. The highest BCUT2D eigenvalue weighted by Gasteiger charge is 2.24. The predicted molar refractivity (Wildman–Crippen MR) is 73.7 cm³/mol. The van der Waals surface area contributed by atoms with Crippen LogP contribution in [-0.4, -0.2) is 7.05 Å². The van der Waals surface area contributed by atoms with Gasteiger partial charge in [0.25, 0.3) is 0 Å². The van der Waals surface area contributed by atoms with Crippen LogP contribution in [0.15, 0.2) is 36.4 Å². The Morgan fingerprint density at radius 2 is 1.37 bits per heavy atom. The first-order valence-electron chi connectivity index (χ1n) is 5.61. The normalized spacial score (nSPS) is 12.5. The molecule has 0 spiro atoms. The monoisotopic (exact) mass is 301 g/mol. The molecule has 1 N–H and O–H groups in total. The fourth-order valence-electron chi connectivity index (χ4n) is 2.01. The van der Waals surface area contributed by atoms with Gasteiger partial charge in [0, 0.05) is 21.2 Å². The maximum absolute atomic E-state index is 13.9. The lowest BCUT2D eigenvalue weighted by Crippen LogP contribution is -2.21. The van der Waals surface area contributed by atoms with E-state index in [9.17, 15) is 8.78 Å². The summed E-state index contributed by atoms with van der Waals surface area (Å²) in [5, 5.41) is 3.56. The van der Waals surface area contributed by atoms with Crippen molar-refractivity contribution in [3.8, 4) is 0 Å². The quantitative estimate of drug-likeness (QED) is 0.875. The molecule has 0 aliphatic heterocycles. The van der Waals surface area contributed by atoms with Crippen LogP contribution in [0, 0.1) is 11.6 Å². The summed E-state index contributed by atoms with van der Waals surface area (Å²) in [6.45, 7) is 0. The molecule has 100 valence electrons. The zero-order valence-electron chi connectivity index (χ0n) is 10.1. The van der Waals surface area contributed by atoms with Gasteiger partial charge in [-0.05, 0) is 31.3 Å². The van der Waals surface area contributed by atoms with Crippen molar-refractivity contribution in [3.05, 3.63) is 69.2 Å². The second kappa shape index (κ2) is 5.87. The summed E-state index contributed by atoms with van der Waals surface area (Å²) in [7, 11) is 1.59. The molecule has 1 nitrogen and oxygen atoms in total. The first kappa shape index (κ1) is 14.3. The predicted octanol–water partition coefficient (Wildman–Crippen LogP) is 4.58. The van der Waals surface area contributed by atoms with Gasteiger partial charge in [0.1, 0.15) is 11.6 Å². The Morgan fingerprint density at radius 1 is 0.895 bits per heavy atom. The molecular weight excluding hydrogens is 291 g/mol. The molecule has 0 aromatic heterocycles. The molecule has 1 unspecified atom stereocenters. The summed E-state index contributed by atoms with van der Waals surface area (Å²) in [6, 6.07) is 7.91. The Morgan fingerprint density at radius 3 is 1.84 bits per heavy atom. The number of halogens is 4. The maximum atomic E-state index is 13.9. The molecule has 0 aliphatic rings. The van der Waals surface area contributed by atoms with Gasteiger partial charge in [0.2, 0.25) is 0 Å². The van der Waals surface area contributed by atoms with E-state index in [1.54, 1.807) is 25.2 Å². The molecule has 5 heteroatoms. The highest BCUT2D eigenvalue weighted by atomic mass is 35.5. The molecule has 2 rings (SSSR count). The number of hydrogen-bond donors (Lipinski definition) is 1. The molecule has 0 heterocycles. The van der Waals surface area contributed by atoms with Crippen molar-refractivity contribution in [3.63, 3.8) is 0 Å². The minimum absolute atomic E-state index is 0.0972. The summed E-state index contributed by atoms with van der Waals surface area (Å²) in [6.07, 6.45) is 0. The minimum Gasteiger partial charge on any atom is -0.309 e. The van der Waals surface area contributed by atoms with Gasteiger partial charge in [0.05, 0.1) is 6.04 Å². The molecule has 0 bridgehead atoms. The van der Waals surface area contributed by atoms with Gasteiger partial charge in [-0.3, -0.25) is 0 Å². The van der Waals surface area contributed by atoms with E-state index < -0.39 is 17.7 Å². The van der Waals surface area contributed by atoms with E-state index in [-0.39, 0.29) is 5.56 Å². The zero-order valence-corrected chi connectivity index (χ0v) is 11.6. The molecule has 0 amide bonds. The Balaban J connectivity index is 2.64. The van der Waals surface area contributed by atoms with Crippen molar-refractivity contribution >= 4 is 23.2 Å². The van der Waals surface area contributed by atoms with E-state index in [2.05, 4.69) is 5.32 Å². The van der Waals surface area contributed by atoms with Gasteiger partial charge in [0.15, 0.2) is 0 Å². The lowest BCUT2D eigenvalue weighted by atomic mass is 9.97. The Hall–Kier alpha value is -1.16. The van der Waals surface area contributed by atoms with Crippen LogP contribution < -0.4 is 5.32 Å². The minimum atomic E-state index is -0.748. The molecule has 0 fully saturated rings. The average Bonchev–Trinajstić information content (AvgIpc) is 2.36. The third-order valence-corrected chi connectivity index (χ3v) is 3.52.